The van der Waals surface area contributed by atoms with Crippen molar-refractivity contribution in [1.82, 2.24) is 15.1 Å². The van der Waals surface area contributed by atoms with Gasteiger partial charge in [0.05, 0.1) is 46.1 Å². The zero-order chi connectivity index (χ0) is 35.3. The van der Waals surface area contributed by atoms with Crippen molar-refractivity contribution in [3.05, 3.63) is 0 Å². The van der Waals surface area contributed by atoms with Crippen molar-refractivity contribution in [3.8, 4) is 0 Å². The Hall–Kier alpha value is -1.91. The summed E-state index contributed by atoms with van der Waals surface area (Å²) in [6, 6.07) is -1.35. The van der Waals surface area contributed by atoms with Gasteiger partial charge in [-0.15, -0.1) is 0 Å². The maximum atomic E-state index is 11.7. The molecule has 1 unspecified atom stereocenters. The third kappa shape index (κ3) is 38.3. The lowest BCUT2D eigenvalue weighted by atomic mass is 10.0. The van der Waals surface area contributed by atoms with Gasteiger partial charge in [0.1, 0.15) is 6.04 Å². The van der Waals surface area contributed by atoms with Crippen LogP contribution >= 0.6 is 0 Å². The summed E-state index contributed by atoms with van der Waals surface area (Å²) in [6.45, 7) is 5.74. The summed E-state index contributed by atoms with van der Waals surface area (Å²) >= 11 is 0. The number of aliphatic hydroxyl groups is 6. The standard InChI is InChI=1S/C20H37NO5.2C6H15NO3/c1-2-3-4-5-6-7-8-9-10-11-12-13-14-15-18(22)21-17(20(25)26)16-19(23)24;2*8-4-1-7(2-5-9)3-6-10/h17H,2-16H2,1H3,(H,21,22)(H,23,24)(H,25,26);2*8-10H,1-6H2. The molecule has 276 valence electrons. The third-order valence-electron chi connectivity index (χ3n) is 7.02. The number of carboxylic acids is 2. The molecule has 14 nitrogen and oxygen atoms in total. The average molecular weight is 670 g/mol. The van der Waals surface area contributed by atoms with Crippen molar-refractivity contribution in [3.63, 3.8) is 0 Å². The van der Waals surface area contributed by atoms with E-state index in [9.17, 15) is 14.4 Å². The molecule has 0 aromatic rings. The van der Waals surface area contributed by atoms with E-state index < -0.39 is 24.4 Å². The lowest BCUT2D eigenvalue weighted by molar-refractivity contribution is -0.147. The van der Waals surface area contributed by atoms with Gasteiger partial charge in [0.25, 0.3) is 0 Å². The number of unbranched alkanes of at least 4 members (excludes halogenated alkanes) is 12. The molecule has 0 aliphatic heterocycles. The number of hydrogen-bond acceptors (Lipinski definition) is 11. The zero-order valence-corrected chi connectivity index (χ0v) is 28.4. The van der Waals surface area contributed by atoms with Gasteiger partial charge >= 0.3 is 11.9 Å². The first-order valence-corrected chi connectivity index (χ1v) is 17.0. The molecule has 0 spiro atoms. The summed E-state index contributed by atoms with van der Waals surface area (Å²) < 4.78 is 0. The van der Waals surface area contributed by atoms with Crippen molar-refractivity contribution >= 4 is 17.8 Å². The van der Waals surface area contributed by atoms with Crippen molar-refractivity contribution in [2.45, 2.75) is 109 Å². The summed E-state index contributed by atoms with van der Waals surface area (Å²) in [5, 5.41) is 70.7. The zero-order valence-electron chi connectivity index (χ0n) is 28.4. The van der Waals surface area contributed by atoms with Crippen LogP contribution in [-0.4, -0.2) is 153 Å². The van der Waals surface area contributed by atoms with Gasteiger partial charge < -0.3 is 46.2 Å². The molecule has 0 aliphatic carbocycles. The SMILES string of the molecule is CCCCCCCCCCCCCCCC(=O)NC(CC(=O)O)C(=O)O.OCCN(CCO)CCO.OCCN(CCO)CCO. The Labute approximate surface area is 276 Å². The minimum atomic E-state index is -1.35. The highest BCUT2D eigenvalue weighted by Crippen LogP contribution is 2.13. The van der Waals surface area contributed by atoms with Crippen LogP contribution in [0.5, 0.6) is 0 Å². The fourth-order valence-electron chi connectivity index (χ4n) is 4.46. The molecule has 0 saturated carbocycles. The predicted octanol–water partition coefficient (Wildman–Crippen LogP) is 1.04. The highest BCUT2D eigenvalue weighted by atomic mass is 16.4. The summed E-state index contributed by atoms with van der Waals surface area (Å²) in [7, 11) is 0. The second-order valence-corrected chi connectivity index (χ2v) is 11.1. The van der Waals surface area contributed by atoms with Gasteiger partial charge in [-0.25, -0.2) is 4.79 Å². The van der Waals surface area contributed by atoms with Gasteiger partial charge in [-0.3, -0.25) is 19.4 Å². The molecule has 1 atom stereocenters. The van der Waals surface area contributed by atoms with Crippen LogP contribution in [0.25, 0.3) is 0 Å². The van der Waals surface area contributed by atoms with E-state index in [0.29, 0.717) is 45.7 Å². The van der Waals surface area contributed by atoms with Crippen LogP contribution in [0.15, 0.2) is 0 Å². The number of carbonyl (C=O) groups excluding carboxylic acids is 1. The van der Waals surface area contributed by atoms with Gasteiger partial charge in [0.15, 0.2) is 0 Å². The Morgan fingerprint density at radius 3 is 1.09 bits per heavy atom. The maximum absolute atomic E-state index is 11.7. The number of amides is 1. The topological polar surface area (TPSA) is 232 Å². The second-order valence-electron chi connectivity index (χ2n) is 11.1. The van der Waals surface area contributed by atoms with E-state index in [0.717, 1.165) is 12.8 Å². The number of hydrogen-bond donors (Lipinski definition) is 9. The molecule has 0 aromatic carbocycles. The Bertz CT molecular complexity index is 629. The van der Waals surface area contributed by atoms with E-state index in [4.69, 9.17) is 40.9 Å². The number of carboxylic acid groups (broad SMARTS) is 2. The van der Waals surface area contributed by atoms with Crippen LogP contribution in [0, 0.1) is 0 Å². The van der Waals surface area contributed by atoms with E-state index in [1.54, 1.807) is 9.80 Å². The predicted molar refractivity (Wildman–Crippen MR) is 178 cm³/mol. The molecule has 0 fully saturated rings. The molecule has 0 bridgehead atoms. The van der Waals surface area contributed by atoms with Gasteiger partial charge in [-0.2, -0.15) is 0 Å². The smallest absolute Gasteiger partial charge is 0.326 e. The molecule has 0 radical (unpaired) electrons. The number of carbonyl (C=O) groups is 3. The molecule has 0 rings (SSSR count). The molecule has 46 heavy (non-hydrogen) atoms. The van der Waals surface area contributed by atoms with Crippen LogP contribution < -0.4 is 5.32 Å². The molecule has 0 heterocycles. The average Bonchev–Trinajstić information content (AvgIpc) is 3.00. The fraction of sp³-hybridized carbons (Fsp3) is 0.906. The Morgan fingerprint density at radius 1 is 0.522 bits per heavy atom. The van der Waals surface area contributed by atoms with E-state index in [-0.39, 0.29) is 52.0 Å². The molecule has 0 saturated heterocycles. The molecular weight excluding hydrogens is 602 g/mol. The van der Waals surface area contributed by atoms with E-state index in [1.807, 2.05) is 0 Å². The van der Waals surface area contributed by atoms with Gasteiger partial charge in [0, 0.05) is 45.7 Å². The van der Waals surface area contributed by atoms with E-state index in [2.05, 4.69) is 12.2 Å². The molecule has 1 amide bonds. The highest BCUT2D eigenvalue weighted by Gasteiger charge is 2.22. The van der Waals surface area contributed by atoms with Crippen molar-refractivity contribution < 1.29 is 55.2 Å². The second kappa shape index (κ2) is 39.3. The van der Waals surface area contributed by atoms with Crippen molar-refractivity contribution in [2.24, 2.45) is 0 Å². The van der Waals surface area contributed by atoms with Crippen LogP contribution in [0.2, 0.25) is 0 Å². The Kier molecular flexibility index (Phi) is 41.4. The van der Waals surface area contributed by atoms with E-state index >= 15 is 0 Å². The van der Waals surface area contributed by atoms with Crippen LogP contribution in [-0.2, 0) is 14.4 Å². The minimum Gasteiger partial charge on any atom is -0.481 e. The molecule has 0 aliphatic rings. The van der Waals surface area contributed by atoms with Crippen molar-refractivity contribution in [1.29, 1.82) is 0 Å². The molecule has 14 heteroatoms. The summed E-state index contributed by atoms with van der Waals surface area (Å²) in [6.07, 6.45) is 15.5. The summed E-state index contributed by atoms with van der Waals surface area (Å²) in [4.78, 5) is 36.7. The van der Waals surface area contributed by atoms with E-state index in [1.165, 1.54) is 64.2 Å². The van der Waals surface area contributed by atoms with Crippen LogP contribution in [0.3, 0.4) is 0 Å². The highest BCUT2D eigenvalue weighted by molar-refractivity contribution is 5.86. The molecular formula is C32H67N3O11. The fourth-order valence-corrected chi connectivity index (χ4v) is 4.46. The van der Waals surface area contributed by atoms with Gasteiger partial charge in [0.2, 0.25) is 5.91 Å². The first-order valence-electron chi connectivity index (χ1n) is 17.0. The van der Waals surface area contributed by atoms with Gasteiger partial charge in [-0.05, 0) is 6.42 Å². The number of aliphatic hydroxyl groups excluding tert-OH is 6. The van der Waals surface area contributed by atoms with Crippen LogP contribution in [0.1, 0.15) is 103 Å². The van der Waals surface area contributed by atoms with Crippen molar-refractivity contribution in [2.75, 3.05) is 78.9 Å². The number of rotatable bonds is 30. The molecule has 9 N–H and O–H groups in total. The normalized spacial score (nSPS) is 11.4. The number of aliphatic carboxylic acids is 2. The summed E-state index contributed by atoms with van der Waals surface area (Å²) in [5.41, 5.74) is 0. The summed E-state index contributed by atoms with van der Waals surface area (Å²) in [5.74, 6) is -2.94. The quantitative estimate of drug-likeness (QED) is 0.0487. The largest absolute Gasteiger partial charge is 0.481 e. The van der Waals surface area contributed by atoms with Crippen LogP contribution in [0.4, 0.5) is 0 Å². The first-order chi connectivity index (χ1) is 22.2. The third-order valence-corrected chi connectivity index (χ3v) is 7.02. The lowest BCUT2D eigenvalue weighted by Gasteiger charge is -2.17. The first kappa shape index (κ1) is 48.5. The Balaban J connectivity index is -0.000000752. The Morgan fingerprint density at radius 2 is 0.826 bits per heavy atom. The number of nitrogens with one attached hydrogen (secondary N) is 1. The lowest BCUT2D eigenvalue weighted by Crippen LogP contribution is -2.42. The minimum absolute atomic E-state index is 0.0694. The molecule has 0 aromatic heterocycles. The monoisotopic (exact) mass is 669 g/mol. The maximum Gasteiger partial charge on any atom is 0.326 e. The number of nitrogens with zero attached hydrogens (tertiary/aromatic N) is 2. The van der Waals surface area contributed by atoms with Gasteiger partial charge in [-0.1, -0.05) is 84.0 Å².